The van der Waals surface area contributed by atoms with Gasteiger partial charge in [0.15, 0.2) is 0 Å². The molecule has 0 amide bonds. The van der Waals surface area contributed by atoms with E-state index in [1.165, 1.54) is 6.21 Å². The van der Waals surface area contributed by atoms with Crippen LogP contribution in [0.5, 0.6) is 0 Å². The van der Waals surface area contributed by atoms with Gasteiger partial charge in [-0.2, -0.15) is 11.8 Å². The average molecular weight is 131 g/mol. The summed E-state index contributed by atoms with van der Waals surface area (Å²) in [7, 11) is 0. The second kappa shape index (κ2) is 6.56. The van der Waals surface area contributed by atoms with Crippen LogP contribution < -0.4 is 0 Å². The third-order valence-electron chi connectivity index (χ3n) is 0.510. The van der Waals surface area contributed by atoms with Gasteiger partial charge in [0.05, 0.1) is 6.21 Å². The first-order valence-corrected chi connectivity index (χ1v) is 3.41. The molecule has 0 atom stereocenters. The van der Waals surface area contributed by atoms with Crippen LogP contribution in [0.4, 0.5) is 0 Å². The molecule has 1 N–H and O–H groups in total. The summed E-state index contributed by atoms with van der Waals surface area (Å²) in [5, 5.41) is 10.7. The highest BCUT2D eigenvalue weighted by molar-refractivity contribution is 8.00. The van der Waals surface area contributed by atoms with Crippen LogP contribution in [0.2, 0.25) is 0 Å². The first kappa shape index (κ1) is 7.56. The molecule has 0 aliphatic carbocycles. The van der Waals surface area contributed by atoms with Gasteiger partial charge in [0.25, 0.3) is 0 Å². The highest BCUT2D eigenvalue weighted by Gasteiger charge is 1.76. The maximum Gasteiger partial charge on any atom is 0.0535 e. The minimum Gasteiger partial charge on any atom is -0.411 e. The third kappa shape index (κ3) is 5.56. The zero-order valence-corrected chi connectivity index (χ0v) is 5.40. The van der Waals surface area contributed by atoms with Crippen molar-refractivity contribution in [2.45, 2.75) is 0 Å². The predicted molar refractivity (Wildman–Crippen MR) is 37.8 cm³/mol. The smallest absolute Gasteiger partial charge is 0.0535 e. The molecule has 0 fully saturated rings. The number of hydrogen-bond donors (Lipinski definition) is 1. The van der Waals surface area contributed by atoms with Crippen molar-refractivity contribution < 1.29 is 5.21 Å². The molecule has 0 spiro atoms. The molecule has 46 valence electrons. The van der Waals surface area contributed by atoms with Gasteiger partial charge >= 0.3 is 0 Å². The summed E-state index contributed by atoms with van der Waals surface area (Å²) in [5.41, 5.74) is 0. The number of hydrogen-bond acceptors (Lipinski definition) is 3. The molecule has 0 rings (SSSR count). The second-order valence-corrected chi connectivity index (χ2v) is 2.20. The standard InChI is InChI=1S/C5H9NOS/c1-2-4-8-5-3-6-7/h2-3,7H,1,4-5H2. The van der Waals surface area contributed by atoms with Gasteiger partial charge in [-0.25, -0.2) is 0 Å². The van der Waals surface area contributed by atoms with Gasteiger partial charge in [-0.1, -0.05) is 6.08 Å². The Balaban J connectivity index is 2.82. The summed E-state index contributed by atoms with van der Waals surface area (Å²) in [4.78, 5) is 0. The molecule has 0 radical (unpaired) electrons. The Morgan fingerprint density at radius 3 is 2.88 bits per heavy atom. The molecular formula is C5H9NOS. The van der Waals surface area contributed by atoms with Gasteiger partial charge in [0.2, 0.25) is 0 Å². The van der Waals surface area contributed by atoms with Crippen molar-refractivity contribution in [2.75, 3.05) is 11.5 Å². The summed E-state index contributed by atoms with van der Waals surface area (Å²) in [6, 6.07) is 0. The van der Waals surface area contributed by atoms with Crippen molar-refractivity contribution >= 4 is 18.0 Å². The van der Waals surface area contributed by atoms with Gasteiger partial charge in [0, 0.05) is 11.5 Å². The SMILES string of the molecule is C=CCSCC=NO. The van der Waals surface area contributed by atoms with Crippen LogP contribution in [0.25, 0.3) is 0 Å². The summed E-state index contributed by atoms with van der Waals surface area (Å²) in [6.45, 7) is 3.53. The maximum absolute atomic E-state index is 7.90. The molecule has 2 nitrogen and oxygen atoms in total. The fraction of sp³-hybridized carbons (Fsp3) is 0.400. The zero-order chi connectivity index (χ0) is 6.24. The maximum atomic E-state index is 7.90. The zero-order valence-electron chi connectivity index (χ0n) is 4.58. The molecule has 0 unspecified atom stereocenters. The van der Waals surface area contributed by atoms with E-state index in [9.17, 15) is 0 Å². The van der Waals surface area contributed by atoms with E-state index < -0.39 is 0 Å². The second-order valence-electron chi connectivity index (χ2n) is 1.12. The fourth-order valence-electron chi connectivity index (χ4n) is 0.237. The summed E-state index contributed by atoms with van der Waals surface area (Å²) >= 11 is 1.65. The first-order valence-electron chi connectivity index (χ1n) is 2.26. The lowest BCUT2D eigenvalue weighted by Crippen LogP contribution is -1.79. The monoisotopic (exact) mass is 131 g/mol. The molecule has 0 saturated carbocycles. The van der Waals surface area contributed by atoms with E-state index in [2.05, 4.69) is 11.7 Å². The Bertz CT molecular complexity index is 82.5. The molecule has 8 heavy (non-hydrogen) atoms. The largest absolute Gasteiger partial charge is 0.411 e. The lowest BCUT2D eigenvalue weighted by Gasteiger charge is -1.85. The van der Waals surface area contributed by atoms with E-state index >= 15 is 0 Å². The number of thioether (sulfide) groups is 1. The van der Waals surface area contributed by atoms with Crippen LogP contribution in [0, 0.1) is 0 Å². The summed E-state index contributed by atoms with van der Waals surface area (Å²) in [6.07, 6.45) is 3.27. The predicted octanol–water partition coefficient (Wildman–Crippen LogP) is 1.37. The number of rotatable bonds is 4. The van der Waals surface area contributed by atoms with Crippen LogP contribution in [0.3, 0.4) is 0 Å². The van der Waals surface area contributed by atoms with Crippen molar-refractivity contribution in [3.05, 3.63) is 12.7 Å². The van der Waals surface area contributed by atoms with E-state index in [-0.39, 0.29) is 0 Å². The Morgan fingerprint density at radius 1 is 1.62 bits per heavy atom. The highest BCUT2D eigenvalue weighted by atomic mass is 32.2. The molecule has 0 aliphatic heterocycles. The van der Waals surface area contributed by atoms with E-state index in [0.29, 0.717) is 0 Å². The van der Waals surface area contributed by atoms with E-state index in [1.807, 2.05) is 6.08 Å². The third-order valence-corrected chi connectivity index (χ3v) is 1.37. The molecule has 0 saturated heterocycles. The van der Waals surface area contributed by atoms with Crippen LogP contribution >= 0.6 is 11.8 Å². The van der Waals surface area contributed by atoms with Crippen molar-refractivity contribution in [1.29, 1.82) is 0 Å². The minimum atomic E-state index is 0.753. The first-order chi connectivity index (χ1) is 3.91. The van der Waals surface area contributed by atoms with Gasteiger partial charge in [-0.05, 0) is 0 Å². The topological polar surface area (TPSA) is 32.6 Å². The molecule has 0 heterocycles. The van der Waals surface area contributed by atoms with Gasteiger partial charge in [-0.15, -0.1) is 11.7 Å². The van der Waals surface area contributed by atoms with Gasteiger partial charge in [-0.3, -0.25) is 0 Å². The van der Waals surface area contributed by atoms with E-state index in [4.69, 9.17) is 5.21 Å². The average Bonchev–Trinajstić information content (AvgIpc) is 1.81. The summed E-state index contributed by atoms with van der Waals surface area (Å²) in [5.74, 6) is 1.66. The molecule has 0 aliphatic rings. The molecule has 0 aromatic rings. The van der Waals surface area contributed by atoms with Crippen LogP contribution in [-0.2, 0) is 0 Å². The Hall–Kier alpha value is -0.440. The molecule has 0 bridgehead atoms. The molecule has 0 aromatic carbocycles. The molecule has 0 aromatic heterocycles. The van der Waals surface area contributed by atoms with Crippen molar-refractivity contribution in [1.82, 2.24) is 0 Å². The lowest BCUT2D eigenvalue weighted by molar-refractivity contribution is 0.321. The fourth-order valence-corrected chi connectivity index (χ4v) is 0.712. The Kier molecular flexibility index (Phi) is 6.20. The van der Waals surface area contributed by atoms with E-state index in [0.717, 1.165) is 11.5 Å². The molecular weight excluding hydrogens is 122 g/mol. The Morgan fingerprint density at radius 2 is 2.38 bits per heavy atom. The quantitative estimate of drug-likeness (QED) is 0.205. The van der Waals surface area contributed by atoms with E-state index in [1.54, 1.807) is 11.8 Å². The van der Waals surface area contributed by atoms with Crippen LogP contribution in [-0.4, -0.2) is 22.9 Å². The summed E-state index contributed by atoms with van der Waals surface area (Å²) < 4.78 is 0. The van der Waals surface area contributed by atoms with Gasteiger partial charge in [0.1, 0.15) is 0 Å². The Labute approximate surface area is 53.3 Å². The minimum absolute atomic E-state index is 0.753. The van der Waals surface area contributed by atoms with Crippen molar-refractivity contribution in [3.63, 3.8) is 0 Å². The number of oxime groups is 1. The number of nitrogens with zero attached hydrogens (tertiary/aromatic N) is 1. The van der Waals surface area contributed by atoms with Gasteiger partial charge < -0.3 is 5.21 Å². The van der Waals surface area contributed by atoms with Crippen LogP contribution in [0.1, 0.15) is 0 Å². The lowest BCUT2D eigenvalue weighted by atomic mass is 10.8. The highest BCUT2D eigenvalue weighted by Crippen LogP contribution is 1.95. The van der Waals surface area contributed by atoms with Crippen LogP contribution in [0.15, 0.2) is 17.8 Å². The normalized spacial score (nSPS) is 10.0. The van der Waals surface area contributed by atoms with Crippen molar-refractivity contribution in [2.24, 2.45) is 5.16 Å². The molecule has 3 heteroatoms. The van der Waals surface area contributed by atoms with Crippen molar-refractivity contribution in [3.8, 4) is 0 Å².